The topological polar surface area (TPSA) is 28.4 Å². The molecule has 1 aromatic heterocycles. The second kappa shape index (κ2) is 13.9. The molecule has 0 radical (unpaired) electrons. The molecule has 1 aliphatic rings. The van der Waals surface area contributed by atoms with E-state index in [0.717, 1.165) is 22.8 Å². The number of alkyl halides is 2. The molecular weight excluding hydrogens is 468 g/mol. The highest BCUT2D eigenvalue weighted by molar-refractivity contribution is 5.38. The molecule has 1 fully saturated rings. The number of aromatic nitrogens is 1. The second-order valence-corrected chi connectivity index (χ2v) is 9.50. The lowest BCUT2D eigenvalue weighted by Gasteiger charge is -2.40. The first-order valence-corrected chi connectivity index (χ1v) is 12.7. The van der Waals surface area contributed by atoms with Gasteiger partial charge in [-0.2, -0.15) is 0 Å². The van der Waals surface area contributed by atoms with E-state index in [1.165, 1.54) is 5.56 Å². The van der Waals surface area contributed by atoms with Crippen LogP contribution in [0.4, 0.5) is 8.78 Å². The molecule has 200 valence electrons. The van der Waals surface area contributed by atoms with Crippen molar-refractivity contribution in [2.24, 2.45) is 7.05 Å². The van der Waals surface area contributed by atoms with Crippen LogP contribution in [-0.4, -0.2) is 37.0 Å². The van der Waals surface area contributed by atoms with Crippen molar-refractivity contribution in [2.75, 3.05) is 20.1 Å². The average Bonchev–Trinajstić information content (AvgIpc) is 2.88. The zero-order chi connectivity index (χ0) is 27.6. The Bertz CT molecular complexity index is 1110. The number of aryl methyl sites for hydroxylation is 3. The van der Waals surface area contributed by atoms with Crippen LogP contribution in [0.5, 0.6) is 5.75 Å². The van der Waals surface area contributed by atoms with Crippen molar-refractivity contribution in [1.82, 2.24) is 10.2 Å². The molecule has 0 amide bonds. The summed E-state index contributed by atoms with van der Waals surface area (Å²) in [5.74, 6) is -1.67. The highest BCUT2D eigenvalue weighted by Gasteiger charge is 2.45. The maximum Gasteiger partial charge on any atom is 0.257 e. The number of halogens is 2. The van der Waals surface area contributed by atoms with Crippen molar-refractivity contribution in [2.45, 2.75) is 52.0 Å². The first-order valence-electron chi connectivity index (χ1n) is 12.7. The number of likely N-dealkylation sites (tertiary alicyclic amines) is 1. The highest BCUT2D eigenvalue weighted by Crippen LogP contribution is 2.40. The minimum atomic E-state index is -2.63. The largest absolute Gasteiger partial charge is 0.457 e. The molecule has 6 heteroatoms. The molecule has 4 nitrogen and oxygen atoms in total. The predicted molar refractivity (Wildman–Crippen MR) is 149 cm³/mol. The summed E-state index contributed by atoms with van der Waals surface area (Å²) in [6.07, 6.45) is 11.1. The minimum Gasteiger partial charge on any atom is -0.457 e. The Morgan fingerprint density at radius 1 is 1.22 bits per heavy atom. The number of hydrogen-bond acceptors (Lipinski definition) is 3. The molecule has 3 rings (SSSR count). The van der Waals surface area contributed by atoms with E-state index in [1.807, 2.05) is 88.3 Å². The number of pyridine rings is 1. The van der Waals surface area contributed by atoms with Gasteiger partial charge in [0.1, 0.15) is 18.6 Å². The van der Waals surface area contributed by atoms with E-state index in [4.69, 9.17) is 4.74 Å². The molecular formula is C31H42F2N3O+. The van der Waals surface area contributed by atoms with Crippen molar-refractivity contribution in [3.05, 3.63) is 108 Å². The number of nitrogens with one attached hydrogen (secondary N) is 1. The summed E-state index contributed by atoms with van der Waals surface area (Å²) in [4.78, 5) is 2.07. The van der Waals surface area contributed by atoms with Gasteiger partial charge in [-0.25, -0.2) is 13.3 Å². The molecule has 2 heterocycles. The summed E-state index contributed by atoms with van der Waals surface area (Å²) in [5.41, 5.74) is 3.93. The summed E-state index contributed by atoms with van der Waals surface area (Å²) in [6.45, 7) is 16.5. The van der Waals surface area contributed by atoms with Crippen molar-refractivity contribution >= 4 is 0 Å². The molecule has 0 aliphatic carbocycles. The molecule has 2 unspecified atom stereocenters. The molecule has 0 bridgehead atoms. The number of piperidine rings is 1. The van der Waals surface area contributed by atoms with Crippen molar-refractivity contribution in [3.63, 3.8) is 0 Å². The lowest BCUT2D eigenvalue weighted by Crippen LogP contribution is -2.48. The quantitative estimate of drug-likeness (QED) is 0.193. The Labute approximate surface area is 221 Å². The van der Waals surface area contributed by atoms with Gasteiger partial charge >= 0.3 is 0 Å². The molecule has 37 heavy (non-hydrogen) atoms. The van der Waals surface area contributed by atoms with Crippen LogP contribution in [0.1, 0.15) is 42.9 Å². The highest BCUT2D eigenvalue weighted by atomic mass is 19.3. The van der Waals surface area contributed by atoms with Crippen LogP contribution in [0.3, 0.4) is 0 Å². The van der Waals surface area contributed by atoms with Gasteiger partial charge in [0.05, 0.1) is 5.92 Å². The Hall–Kier alpha value is -3.25. The molecule has 1 aliphatic heterocycles. The van der Waals surface area contributed by atoms with E-state index < -0.39 is 11.8 Å². The first kappa shape index (κ1) is 30.0. The number of rotatable bonds is 8. The molecule has 1 N–H and O–H groups in total. The van der Waals surface area contributed by atoms with Gasteiger partial charge in [0.25, 0.3) is 5.92 Å². The van der Waals surface area contributed by atoms with Crippen molar-refractivity contribution in [1.29, 1.82) is 0 Å². The first-order chi connectivity index (χ1) is 17.5. The third kappa shape index (κ3) is 8.97. The molecule has 0 spiro atoms. The Morgan fingerprint density at radius 2 is 1.89 bits per heavy atom. The maximum absolute atomic E-state index is 14.1. The average molecular weight is 511 g/mol. The SMILES string of the molecule is C=C(/C=C\C(=C/C)Oc1ccc(C)cc1C)NC.C=CC(C)N1CCC(F)(F)C(c2cc[n+](C)cc2)C1. The Balaban J connectivity index is 0.000000261. The van der Waals surface area contributed by atoms with E-state index in [-0.39, 0.29) is 12.5 Å². The number of hydrogen-bond donors (Lipinski definition) is 1. The second-order valence-electron chi connectivity index (χ2n) is 9.50. The number of nitrogens with zero attached hydrogens (tertiary/aromatic N) is 2. The smallest absolute Gasteiger partial charge is 0.257 e. The maximum atomic E-state index is 14.1. The monoisotopic (exact) mass is 510 g/mol. The summed E-state index contributed by atoms with van der Waals surface area (Å²) in [5, 5.41) is 2.96. The van der Waals surface area contributed by atoms with Crippen LogP contribution in [0.2, 0.25) is 0 Å². The molecule has 1 saturated heterocycles. The van der Waals surface area contributed by atoms with E-state index in [9.17, 15) is 8.78 Å². The Kier molecular flexibility index (Phi) is 11.3. The minimum absolute atomic E-state index is 0.0864. The van der Waals surface area contributed by atoms with Crippen LogP contribution in [0, 0.1) is 13.8 Å². The van der Waals surface area contributed by atoms with E-state index >= 15 is 0 Å². The fraction of sp³-hybridized carbons (Fsp3) is 0.387. The van der Waals surface area contributed by atoms with E-state index in [0.29, 0.717) is 18.7 Å². The molecule has 0 saturated carbocycles. The summed E-state index contributed by atoms with van der Waals surface area (Å²) >= 11 is 0. The standard InChI is InChI=1S/C16H21NO.C15H21F2N2/c1-6-15(9-8-14(4)17-5)18-16-10-7-12(2)11-13(16)3;1-4-12(2)19-10-7-15(16,17)14(11-19)13-5-8-18(3)9-6-13/h6-11,17H,4H2,1-3,5H3;4-6,8-9,12,14H,1,7,10-11H2,2-3H3/q;+1/b9-8-,15-6+;. The lowest BCUT2D eigenvalue weighted by atomic mass is 9.87. The summed E-state index contributed by atoms with van der Waals surface area (Å²) in [7, 11) is 3.72. The predicted octanol–water partition coefficient (Wildman–Crippen LogP) is 6.39. The van der Waals surface area contributed by atoms with Gasteiger partial charge in [0, 0.05) is 50.4 Å². The van der Waals surface area contributed by atoms with Gasteiger partial charge in [-0.15, -0.1) is 6.58 Å². The van der Waals surface area contributed by atoms with Crippen LogP contribution in [0.25, 0.3) is 0 Å². The van der Waals surface area contributed by atoms with Crippen LogP contribution >= 0.6 is 0 Å². The zero-order valence-corrected chi connectivity index (χ0v) is 23.1. The molecule has 2 aromatic rings. The third-order valence-corrected chi connectivity index (χ3v) is 6.60. The van der Waals surface area contributed by atoms with E-state index in [2.05, 4.69) is 36.4 Å². The van der Waals surface area contributed by atoms with Gasteiger partial charge < -0.3 is 10.1 Å². The fourth-order valence-corrected chi connectivity index (χ4v) is 4.04. The van der Waals surface area contributed by atoms with Gasteiger partial charge in [0.2, 0.25) is 0 Å². The van der Waals surface area contributed by atoms with Crippen LogP contribution in [-0.2, 0) is 7.05 Å². The van der Waals surface area contributed by atoms with Crippen molar-refractivity contribution < 1.29 is 18.1 Å². The number of ether oxygens (including phenoxy) is 1. The van der Waals surface area contributed by atoms with Crippen molar-refractivity contribution in [3.8, 4) is 5.75 Å². The fourth-order valence-electron chi connectivity index (χ4n) is 4.04. The van der Waals surface area contributed by atoms with Gasteiger partial charge in [-0.3, -0.25) is 4.90 Å². The lowest BCUT2D eigenvalue weighted by molar-refractivity contribution is -0.671. The van der Waals surface area contributed by atoms with Crippen LogP contribution < -0.4 is 14.6 Å². The molecule has 1 aromatic carbocycles. The number of benzene rings is 1. The number of likely N-dealkylation sites (N-methyl/N-ethyl adjacent to an activating group) is 1. The molecule has 2 atom stereocenters. The zero-order valence-electron chi connectivity index (χ0n) is 23.1. The third-order valence-electron chi connectivity index (χ3n) is 6.60. The van der Waals surface area contributed by atoms with E-state index in [1.54, 1.807) is 12.1 Å². The normalized spacial score (nSPS) is 18.5. The van der Waals surface area contributed by atoms with Crippen LogP contribution in [0.15, 0.2) is 91.6 Å². The van der Waals surface area contributed by atoms with Gasteiger partial charge in [-0.05, 0) is 63.1 Å². The van der Waals surface area contributed by atoms with Gasteiger partial charge in [0.15, 0.2) is 12.4 Å². The summed E-state index contributed by atoms with van der Waals surface area (Å²) < 4.78 is 36.0. The summed E-state index contributed by atoms with van der Waals surface area (Å²) in [6, 6.07) is 9.87. The Morgan fingerprint density at radius 3 is 2.46 bits per heavy atom. The number of allylic oxidation sites excluding steroid dienone is 3. The van der Waals surface area contributed by atoms with Gasteiger partial charge in [-0.1, -0.05) is 30.4 Å².